The van der Waals surface area contributed by atoms with Crippen LogP contribution in [-0.4, -0.2) is 49.4 Å². The van der Waals surface area contributed by atoms with Crippen LogP contribution in [0.25, 0.3) is 0 Å². The summed E-state index contributed by atoms with van der Waals surface area (Å²) in [5, 5.41) is -0.210. The number of nitrogens with zero attached hydrogens (tertiary/aromatic N) is 2. The maximum absolute atomic E-state index is 11.4. The smallest absolute Gasteiger partial charge is 0.191 e. The van der Waals surface area contributed by atoms with Gasteiger partial charge in [-0.1, -0.05) is 0 Å². The van der Waals surface area contributed by atoms with Gasteiger partial charge in [-0.3, -0.25) is 4.99 Å². The zero-order chi connectivity index (χ0) is 10.3. The molecule has 2 saturated heterocycles. The minimum Gasteiger partial charge on any atom is -0.370 e. The maximum atomic E-state index is 11.4. The third kappa shape index (κ3) is 1.37. The standard InChI is InChI=1S/C8H15N3O2S/c1-2-10-8(9)11-4-7-3-6(11)5-14(7,12)13/h6-7H,2-5H2,1H3,(H2,9,10). The lowest BCUT2D eigenvalue weighted by Crippen LogP contribution is -2.47. The molecular formula is C8H15N3O2S. The molecule has 2 aliphatic heterocycles. The number of rotatable bonds is 1. The molecule has 0 radical (unpaired) electrons. The molecule has 80 valence electrons. The molecule has 14 heavy (non-hydrogen) atoms. The van der Waals surface area contributed by atoms with Gasteiger partial charge in [0.1, 0.15) is 0 Å². The van der Waals surface area contributed by atoms with Crippen LogP contribution in [0.2, 0.25) is 0 Å². The largest absolute Gasteiger partial charge is 0.370 e. The summed E-state index contributed by atoms with van der Waals surface area (Å²) in [5.74, 6) is 0.743. The van der Waals surface area contributed by atoms with Crippen LogP contribution in [0.3, 0.4) is 0 Å². The Hall–Kier alpha value is -0.780. The molecule has 0 aromatic rings. The summed E-state index contributed by atoms with van der Waals surface area (Å²) in [6.45, 7) is 3.09. The van der Waals surface area contributed by atoms with E-state index >= 15 is 0 Å². The van der Waals surface area contributed by atoms with E-state index in [-0.39, 0.29) is 17.0 Å². The summed E-state index contributed by atoms with van der Waals surface area (Å²) in [6, 6.07) is 0.0697. The van der Waals surface area contributed by atoms with Gasteiger partial charge in [-0.15, -0.1) is 0 Å². The number of likely N-dealkylation sites (tertiary alicyclic amines) is 1. The van der Waals surface area contributed by atoms with Crippen molar-refractivity contribution in [2.45, 2.75) is 24.6 Å². The van der Waals surface area contributed by atoms with E-state index in [4.69, 9.17) is 5.73 Å². The number of hydrogen-bond acceptors (Lipinski definition) is 3. The Kier molecular flexibility index (Phi) is 2.17. The monoisotopic (exact) mass is 217 g/mol. The van der Waals surface area contributed by atoms with Gasteiger partial charge < -0.3 is 10.6 Å². The molecule has 6 heteroatoms. The van der Waals surface area contributed by atoms with E-state index < -0.39 is 9.84 Å². The van der Waals surface area contributed by atoms with Crippen molar-refractivity contribution in [2.75, 3.05) is 18.8 Å². The lowest BCUT2D eigenvalue weighted by molar-refractivity contribution is 0.401. The van der Waals surface area contributed by atoms with Gasteiger partial charge >= 0.3 is 0 Å². The van der Waals surface area contributed by atoms with E-state index in [1.54, 1.807) is 0 Å². The second-order valence-electron chi connectivity index (χ2n) is 3.83. The molecular weight excluding hydrogens is 202 g/mol. The molecule has 2 atom stereocenters. The predicted octanol–water partition coefficient (Wildman–Crippen LogP) is -0.808. The fourth-order valence-electron chi connectivity index (χ4n) is 2.23. The summed E-state index contributed by atoms with van der Waals surface area (Å²) in [4.78, 5) is 6.02. The van der Waals surface area contributed by atoms with Gasteiger partial charge in [0.15, 0.2) is 15.8 Å². The van der Waals surface area contributed by atoms with Gasteiger partial charge in [0, 0.05) is 19.1 Å². The van der Waals surface area contributed by atoms with Gasteiger partial charge in [-0.2, -0.15) is 0 Å². The summed E-state index contributed by atoms with van der Waals surface area (Å²) in [7, 11) is -2.82. The van der Waals surface area contributed by atoms with Crippen molar-refractivity contribution >= 4 is 15.8 Å². The molecule has 5 nitrogen and oxygen atoms in total. The van der Waals surface area contributed by atoms with Crippen molar-refractivity contribution < 1.29 is 8.42 Å². The van der Waals surface area contributed by atoms with Gasteiger partial charge in [0.2, 0.25) is 0 Å². The summed E-state index contributed by atoms with van der Waals surface area (Å²) in [5.41, 5.74) is 5.75. The molecule has 2 bridgehead atoms. The number of fused-ring (bicyclic) bond motifs is 2. The molecule has 0 amide bonds. The van der Waals surface area contributed by atoms with Crippen molar-refractivity contribution in [1.82, 2.24) is 4.90 Å². The van der Waals surface area contributed by atoms with E-state index in [0.29, 0.717) is 19.0 Å². The normalized spacial score (nSPS) is 35.2. The van der Waals surface area contributed by atoms with Crippen molar-refractivity contribution in [1.29, 1.82) is 0 Å². The van der Waals surface area contributed by atoms with Gasteiger partial charge in [-0.05, 0) is 13.3 Å². The highest BCUT2D eigenvalue weighted by molar-refractivity contribution is 7.92. The molecule has 0 aliphatic carbocycles. The van der Waals surface area contributed by atoms with Crippen LogP contribution in [-0.2, 0) is 9.84 Å². The number of hydrogen-bond donors (Lipinski definition) is 1. The third-order valence-corrected chi connectivity index (χ3v) is 5.13. The van der Waals surface area contributed by atoms with Crippen LogP contribution >= 0.6 is 0 Å². The quantitative estimate of drug-likeness (QED) is 0.460. The number of aliphatic imine (C=N–C) groups is 1. The van der Waals surface area contributed by atoms with E-state index in [2.05, 4.69) is 4.99 Å². The van der Waals surface area contributed by atoms with Crippen molar-refractivity contribution in [2.24, 2.45) is 10.7 Å². The Morgan fingerprint density at radius 2 is 2.36 bits per heavy atom. The minimum atomic E-state index is -2.82. The third-order valence-electron chi connectivity index (χ3n) is 2.92. The minimum absolute atomic E-state index is 0.0697. The lowest BCUT2D eigenvalue weighted by atomic mass is 10.2. The van der Waals surface area contributed by atoms with Crippen LogP contribution in [0.15, 0.2) is 4.99 Å². The molecule has 0 saturated carbocycles. The second-order valence-corrected chi connectivity index (χ2v) is 6.15. The van der Waals surface area contributed by atoms with Crippen LogP contribution in [0, 0.1) is 0 Å². The first kappa shape index (κ1) is 9.76. The van der Waals surface area contributed by atoms with E-state index in [1.807, 2.05) is 11.8 Å². The molecule has 0 aromatic heterocycles. The Morgan fingerprint density at radius 3 is 2.79 bits per heavy atom. The van der Waals surface area contributed by atoms with Crippen molar-refractivity contribution in [3.8, 4) is 0 Å². The average Bonchev–Trinajstić information content (AvgIpc) is 2.59. The average molecular weight is 217 g/mol. The van der Waals surface area contributed by atoms with E-state index in [9.17, 15) is 8.42 Å². The second kappa shape index (κ2) is 3.12. The molecule has 0 spiro atoms. The highest BCUT2D eigenvalue weighted by atomic mass is 32.2. The Bertz CT molecular complexity index is 363. The highest BCUT2D eigenvalue weighted by Crippen LogP contribution is 2.32. The number of nitrogens with two attached hydrogens (primary N) is 1. The lowest BCUT2D eigenvalue weighted by Gasteiger charge is -2.27. The summed E-state index contributed by atoms with van der Waals surface area (Å²) in [6.07, 6.45) is 0.724. The SMILES string of the molecule is CCN=C(N)N1CC2CC1CS2(=O)=O. The van der Waals surface area contributed by atoms with E-state index in [0.717, 1.165) is 6.42 Å². The molecule has 2 rings (SSSR count). The first-order valence-electron chi connectivity index (χ1n) is 4.82. The molecule has 0 aromatic carbocycles. The Balaban J connectivity index is 2.14. The Labute approximate surface area is 83.9 Å². The van der Waals surface area contributed by atoms with Crippen LogP contribution in [0.1, 0.15) is 13.3 Å². The fraction of sp³-hybridized carbons (Fsp3) is 0.875. The van der Waals surface area contributed by atoms with Crippen molar-refractivity contribution in [3.05, 3.63) is 0 Å². The zero-order valence-electron chi connectivity index (χ0n) is 8.18. The van der Waals surface area contributed by atoms with Crippen LogP contribution in [0.4, 0.5) is 0 Å². The van der Waals surface area contributed by atoms with Gasteiger partial charge in [-0.25, -0.2) is 8.42 Å². The molecule has 2 heterocycles. The summed E-state index contributed by atoms with van der Waals surface area (Å²) < 4.78 is 22.9. The van der Waals surface area contributed by atoms with Crippen LogP contribution in [0.5, 0.6) is 0 Å². The van der Waals surface area contributed by atoms with Crippen LogP contribution < -0.4 is 5.73 Å². The predicted molar refractivity (Wildman–Crippen MR) is 54.8 cm³/mol. The molecule has 2 aliphatic rings. The first-order chi connectivity index (χ1) is 6.54. The van der Waals surface area contributed by atoms with Gasteiger partial charge in [0.25, 0.3) is 0 Å². The number of sulfone groups is 1. The summed E-state index contributed by atoms with van der Waals surface area (Å²) >= 11 is 0. The first-order valence-corrected chi connectivity index (χ1v) is 6.54. The number of guanidine groups is 1. The molecule has 2 N–H and O–H groups in total. The fourth-order valence-corrected chi connectivity index (χ4v) is 4.26. The Morgan fingerprint density at radius 1 is 1.64 bits per heavy atom. The zero-order valence-corrected chi connectivity index (χ0v) is 9.00. The van der Waals surface area contributed by atoms with E-state index in [1.165, 1.54) is 0 Å². The van der Waals surface area contributed by atoms with Crippen molar-refractivity contribution in [3.63, 3.8) is 0 Å². The van der Waals surface area contributed by atoms with Gasteiger partial charge in [0.05, 0.1) is 11.0 Å². The molecule has 2 fully saturated rings. The maximum Gasteiger partial charge on any atom is 0.191 e. The highest BCUT2D eigenvalue weighted by Gasteiger charge is 2.48. The molecule has 2 unspecified atom stereocenters. The topological polar surface area (TPSA) is 75.8 Å².